The van der Waals surface area contributed by atoms with Gasteiger partial charge in [0.2, 0.25) is 0 Å². The molecule has 0 spiro atoms. The SMILES string of the molecule is Cc1cc([C@H](C)NC(=O)NCCC2(C)OCCO2)c(C)s1. The number of hydrogen-bond donors (Lipinski definition) is 2. The molecule has 2 heterocycles. The van der Waals surface area contributed by atoms with Crippen LogP contribution in [0.15, 0.2) is 6.07 Å². The lowest BCUT2D eigenvalue weighted by Gasteiger charge is -2.22. The number of rotatable bonds is 5. The highest BCUT2D eigenvalue weighted by atomic mass is 32.1. The van der Waals surface area contributed by atoms with E-state index in [1.54, 1.807) is 11.3 Å². The number of carbonyl (C=O) groups is 1. The normalized spacial score (nSPS) is 18.5. The summed E-state index contributed by atoms with van der Waals surface area (Å²) in [6.07, 6.45) is 0.644. The summed E-state index contributed by atoms with van der Waals surface area (Å²) in [6, 6.07) is 1.98. The Kier molecular flexibility index (Phi) is 5.24. The van der Waals surface area contributed by atoms with Crippen LogP contribution in [0.1, 0.15) is 41.6 Å². The van der Waals surface area contributed by atoms with Crippen molar-refractivity contribution in [2.45, 2.75) is 45.9 Å². The Labute approximate surface area is 130 Å². The summed E-state index contributed by atoms with van der Waals surface area (Å²) in [5, 5.41) is 5.82. The van der Waals surface area contributed by atoms with E-state index in [2.05, 4.69) is 30.5 Å². The third-order valence-electron chi connectivity index (χ3n) is 3.66. The van der Waals surface area contributed by atoms with Gasteiger partial charge in [0.15, 0.2) is 5.79 Å². The number of nitrogens with one attached hydrogen (secondary N) is 2. The second-order valence-corrected chi connectivity index (χ2v) is 7.03. The van der Waals surface area contributed by atoms with Crippen molar-refractivity contribution in [3.8, 4) is 0 Å². The summed E-state index contributed by atoms with van der Waals surface area (Å²) in [5.41, 5.74) is 1.18. The quantitative estimate of drug-likeness (QED) is 0.879. The minimum absolute atomic E-state index is 0.00418. The van der Waals surface area contributed by atoms with Crippen molar-refractivity contribution in [2.24, 2.45) is 0 Å². The summed E-state index contributed by atoms with van der Waals surface area (Å²) < 4.78 is 11.0. The van der Waals surface area contributed by atoms with E-state index < -0.39 is 5.79 Å². The predicted molar refractivity (Wildman–Crippen MR) is 83.7 cm³/mol. The van der Waals surface area contributed by atoms with Gasteiger partial charge in [-0.1, -0.05) is 0 Å². The second kappa shape index (κ2) is 6.77. The van der Waals surface area contributed by atoms with Gasteiger partial charge in [0.1, 0.15) is 0 Å². The van der Waals surface area contributed by atoms with Crippen LogP contribution in [0.2, 0.25) is 0 Å². The van der Waals surface area contributed by atoms with Crippen LogP contribution >= 0.6 is 11.3 Å². The first-order valence-corrected chi connectivity index (χ1v) is 8.10. The highest BCUT2D eigenvalue weighted by molar-refractivity contribution is 7.12. The molecule has 0 unspecified atom stereocenters. The molecule has 0 aliphatic carbocycles. The number of ether oxygens (including phenoxy) is 2. The van der Waals surface area contributed by atoms with Crippen LogP contribution in [0.25, 0.3) is 0 Å². The van der Waals surface area contributed by atoms with E-state index in [1.807, 2.05) is 13.8 Å². The van der Waals surface area contributed by atoms with Crippen molar-refractivity contribution in [1.29, 1.82) is 0 Å². The fraction of sp³-hybridized carbons (Fsp3) is 0.667. The van der Waals surface area contributed by atoms with Gasteiger partial charge >= 0.3 is 6.03 Å². The Morgan fingerprint density at radius 3 is 2.67 bits per heavy atom. The highest BCUT2D eigenvalue weighted by Gasteiger charge is 2.30. The van der Waals surface area contributed by atoms with Crippen molar-refractivity contribution in [3.63, 3.8) is 0 Å². The number of hydrogen-bond acceptors (Lipinski definition) is 4. The van der Waals surface area contributed by atoms with Crippen molar-refractivity contribution < 1.29 is 14.3 Å². The molecule has 1 fully saturated rings. The first kappa shape index (κ1) is 16.3. The molecule has 6 heteroatoms. The van der Waals surface area contributed by atoms with Crippen LogP contribution in [0.5, 0.6) is 0 Å². The highest BCUT2D eigenvalue weighted by Crippen LogP contribution is 2.26. The van der Waals surface area contributed by atoms with Gasteiger partial charge in [0.25, 0.3) is 0 Å². The van der Waals surface area contributed by atoms with E-state index in [-0.39, 0.29) is 12.1 Å². The topological polar surface area (TPSA) is 59.6 Å². The number of aryl methyl sites for hydroxylation is 2. The number of thiophene rings is 1. The molecule has 0 aromatic carbocycles. The van der Waals surface area contributed by atoms with E-state index >= 15 is 0 Å². The third kappa shape index (κ3) is 4.43. The van der Waals surface area contributed by atoms with E-state index in [0.29, 0.717) is 26.2 Å². The Hall–Kier alpha value is -1.11. The van der Waals surface area contributed by atoms with Crippen LogP contribution < -0.4 is 10.6 Å². The van der Waals surface area contributed by atoms with Crippen LogP contribution in [-0.2, 0) is 9.47 Å². The fourth-order valence-electron chi connectivity index (χ4n) is 2.51. The minimum atomic E-state index is -0.556. The summed E-state index contributed by atoms with van der Waals surface area (Å²) >= 11 is 1.75. The molecule has 1 aromatic rings. The molecule has 2 amide bonds. The molecule has 1 saturated heterocycles. The maximum atomic E-state index is 11.9. The van der Waals surface area contributed by atoms with E-state index in [0.717, 1.165) is 0 Å². The molecule has 1 atom stereocenters. The van der Waals surface area contributed by atoms with Crippen LogP contribution in [0, 0.1) is 13.8 Å². The average molecular weight is 312 g/mol. The molecule has 5 nitrogen and oxygen atoms in total. The van der Waals surface area contributed by atoms with Gasteiger partial charge in [-0.15, -0.1) is 11.3 Å². The Balaban J connectivity index is 1.75. The van der Waals surface area contributed by atoms with Gasteiger partial charge in [-0.25, -0.2) is 4.79 Å². The molecule has 1 aromatic heterocycles. The average Bonchev–Trinajstić information content (AvgIpc) is 2.96. The molecule has 118 valence electrons. The maximum Gasteiger partial charge on any atom is 0.315 e. The molecule has 1 aliphatic heterocycles. The smallest absolute Gasteiger partial charge is 0.315 e. The summed E-state index contributed by atoms with van der Waals surface area (Å²) in [4.78, 5) is 14.4. The zero-order chi connectivity index (χ0) is 15.5. The summed E-state index contributed by atoms with van der Waals surface area (Å²) in [5.74, 6) is -0.556. The van der Waals surface area contributed by atoms with Crippen molar-refractivity contribution in [1.82, 2.24) is 10.6 Å². The first-order valence-electron chi connectivity index (χ1n) is 7.29. The second-order valence-electron chi connectivity index (χ2n) is 5.57. The molecule has 0 radical (unpaired) electrons. The predicted octanol–water partition coefficient (Wildman–Crippen LogP) is 2.88. The molecule has 0 bridgehead atoms. The van der Waals surface area contributed by atoms with Gasteiger partial charge < -0.3 is 20.1 Å². The third-order valence-corrected chi connectivity index (χ3v) is 4.64. The zero-order valence-electron chi connectivity index (χ0n) is 13.1. The van der Waals surface area contributed by atoms with Crippen molar-refractivity contribution >= 4 is 17.4 Å². The van der Waals surface area contributed by atoms with Gasteiger partial charge in [0, 0.05) is 22.7 Å². The minimum Gasteiger partial charge on any atom is -0.348 e. The number of amides is 2. The summed E-state index contributed by atoms with van der Waals surface area (Å²) in [6.45, 7) is 9.83. The molecule has 0 saturated carbocycles. The van der Waals surface area contributed by atoms with E-state index in [1.165, 1.54) is 15.3 Å². The molecule has 2 N–H and O–H groups in total. The molecule has 1 aliphatic rings. The largest absolute Gasteiger partial charge is 0.348 e. The van der Waals surface area contributed by atoms with Gasteiger partial charge in [0.05, 0.1) is 19.3 Å². The fourth-order valence-corrected chi connectivity index (χ4v) is 3.53. The Bertz CT molecular complexity index is 495. The number of carbonyl (C=O) groups excluding carboxylic acids is 1. The zero-order valence-corrected chi connectivity index (χ0v) is 13.9. The standard InChI is InChI=1S/C15H24N2O3S/c1-10-9-13(12(3)21-10)11(2)17-14(18)16-6-5-15(4)19-7-8-20-15/h9,11H,5-8H2,1-4H3,(H2,16,17,18)/t11-/m0/s1. The number of urea groups is 1. The molecule has 21 heavy (non-hydrogen) atoms. The first-order chi connectivity index (χ1) is 9.89. The lowest BCUT2D eigenvalue weighted by molar-refractivity contribution is -0.145. The van der Waals surface area contributed by atoms with Crippen LogP contribution in [0.4, 0.5) is 4.79 Å². The van der Waals surface area contributed by atoms with Crippen LogP contribution in [-0.4, -0.2) is 31.6 Å². The molecule has 2 rings (SSSR count). The van der Waals surface area contributed by atoms with Crippen LogP contribution in [0.3, 0.4) is 0 Å². The van der Waals surface area contributed by atoms with E-state index in [9.17, 15) is 4.79 Å². The summed E-state index contributed by atoms with van der Waals surface area (Å²) in [7, 11) is 0. The van der Waals surface area contributed by atoms with Gasteiger partial charge in [-0.2, -0.15) is 0 Å². The maximum absolute atomic E-state index is 11.9. The van der Waals surface area contributed by atoms with Gasteiger partial charge in [-0.3, -0.25) is 0 Å². The van der Waals surface area contributed by atoms with Gasteiger partial charge in [-0.05, 0) is 39.3 Å². The van der Waals surface area contributed by atoms with E-state index in [4.69, 9.17) is 9.47 Å². The van der Waals surface area contributed by atoms with Crippen molar-refractivity contribution in [2.75, 3.05) is 19.8 Å². The molecular formula is C15H24N2O3S. The lowest BCUT2D eigenvalue weighted by atomic mass is 10.1. The Morgan fingerprint density at radius 2 is 2.10 bits per heavy atom. The molecular weight excluding hydrogens is 288 g/mol. The Morgan fingerprint density at radius 1 is 1.43 bits per heavy atom. The monoisotopic (exact) mass is 312 g/mol. The lowest BCUT2D eigenvalue weighted by Crippen LogP contribution is -2.40. The van der Waals surface area contributed by atoms with Crippen molar-refractivity contribution in [3.05, 3.63) is 21.4 Å².